The molecule has 7 nitrogen and oxygen atoms in total. The number of carboxylic acids is 2. The van der Waals surface area contributed by atoms with Crippen LogP contribution in [0.2, 0.25) is 0 Å². The van der Waals surface area contributed by atoms with Crippen LogP contribution in [0.3, 0.4) is 0 Å². The maximum absolute atomic E-state index is 9.10. The van der Waals surface area contributed by atoms with Gasteiger partial charge in [-0.15, -0.1) is 0 Å². The second-order valence-corrected chi connectivity index (χ2v) is 2.42. The van der Waals surface area contributed by atoms with Crippen molar-refractivity contribution in [1.29, 1.82) is 0 Å². The Labute approximate surface area is 107 Å². The standard InChI is InChI=1S/C2H4I.C2H2O4.BH3O3.Li/c1-2-3;3-1(4)2(5)6;2-1(3)4;/h2H,1H3;(H,3,4)(H,5,6);2-4H;/q-1;;;+1. The Morgan fingerprint density at radius 3 is 1.21 bits per heavy atom. The van der Waals surface area contributed by atoms with Crippen LogP contribution in [-0.4, -0.2) is 44.5 Å². The second kappa shape index (κ2) is 18.9. The van der Waals surface area contributed by atoms with Gasteiger partial charge < -0.3 is 47.9 Å². The van der Waals surface area contributed by atoms with Crippen molar-refractivity contribution in [2.24, 2.45) is 0 Å². The topological polar surface area (TPSA) is 135 Å². The van der Waals surface area contributed by atoms with Gasteiger partial charge in [0.1, 0.15) is 0 Å². The average molecular weight is 314 g/mol. The molecule has 10 heteroatoms. The van der Waals surface area contributed by atoms with Gasteiger partial charge in [-0.2, -0.15) is 6.92 Å². The molecule has 0 aromatic heterocycles. The Morgan fingerprint density at radius 1 is 1.14 bits per heavy atom. The van der Waals surface area contributed by atoms with Crippen LogP contribution in [0.4, 0.5) is 0 Å². The summed E-state index contributed by atoms with van der Waals surface area (Å²) in [5.41, 5.74) is 0. The zero-order valence-electron chi connectivity index (χ0n) is 7.59. The van der Waals surface area contributed by atoms with E-state index in [1.165, 1.54) is 0 Å². The molecule has 0 bridgehead atoms. The molecule has 0 unspecified atom stereocenters. The third-order valence-electron chi connectivity index (χ3n) is 0.183. The molecule has 0 rings (SSSR count). The SMILES string of the molecule is C[CH-]I.O=C(O)C(=O)O.OB(O)O.[Li+]. The van der Waals surface area contributed by atoms with Crippen molar-refractivity contribution in [3.05, 3.63) is 4.43 Å². The van der Waals surface area contributed by atoms with Gasteiger partial charge in [-0.3, -0.25) is 4.43 Å². The number of carbonyl (C=O) groups is 2. The van der Waals surface area contributed by atoms with Crippen LogP contribution in [0.1, 0.15) is 6.92 Å². The van der Waals surface area contributed by atoms with Crippen LogP contribution in [-0.2, 0) is 9.59 Å². The summed E-state index contributed by atoms with van der Waals surface area (Å²) in [5, 5.41) is 36.3. The molecule has 0 saturated heterocycles. The molecule has 14 heavy (non-hydrogen) atoms. The zero-order valence-corrected chi connectivity index (χ0v) is 9.74. The summed E-state index contributed by atoms with van der Waals surface area (Å²) in [4.78, 5) is 18.2. The van der Waals surface area contributed by atoms with Crippen molar-refractivity contribution in [3.63, 3.8) is 0 Å². The van der Waals surface area contributed by atoms with E-state index >= 15 is 0 Å². The normalized spacial score (nSPS) is 6.36. The quantitative estimate of drug-likeness (QED) is 0.132. The van der Waals surface area contributed by atoms with Crippen LogP contribution in [0, 0.1) is 4.43 Å². The van der Waals surface area contributed by atoms with Crippen LogP contribution in [0.25, 0.3) is 0 Å². The molecule has 0 fully saturated rings. The maximum atomic E-state index is 9.10. The monoisotopic (exact) mass is 314 g/mol. The van der Waals surface area contributed by atoms with Gasteiger partial charge in [0.2, 0.25) is 0 Å². The fourth-order valence-corrected chi connectivity index (χ4v) is 0. The first-order valence-electron chi connectivity index (χ1n) is 2.68. The molecular formula is C4H9BILiO7. The number of halogens is 1. The predicted octanol–water partition coefficient (Wildman–Crippen LogP) is -4.29. The van der Waals surface area contributed by atoms with E-state index in [4.69, 9.17) is 34.9 Å². The van der Waals surface area contributed by atoms with Crippen molar-refractivity contribution >= 4 is 41.9 Å². The first-order chi connectivity index (χ1) is 5.79. The second-order valence-electron chi connectivity index (χ2n) is 1.17. The predicted molar refractivity (Wildman–Crippen MR) is 51.7 cm³/mol. The molecule has 5 N–H and O–H groups in total. The summed E-state index contributed by atoms with van der Waals surface area (Å²) < 4.78 is 1.97. The maximum Gasteiger partial charge on any atom is 1.00 e. The van der Waals surface area contributed by atoms with Crippen molar-refractivity contribution in [3.8, 4) is 0 Å². The molecule has 0 aromatic rings. The van der Waals surface area contributed by atoms with Gasteiger partial charge in [0.05, 0.1) is 0 Å². The Morgan fingerprint density at radius 2 is 1.21 bits per heavy atom. The summed E-state index contributed by atoms with van der Waals surface area (Å²) in [5.74, 6) is -3.65. The molecule has 0 aliphatic carbocycles. The minimum absolute atomic E-state index is 0. The van der Waals surface area contributed by atoms with Crippen molar-refractivity contribution in [2.75, 3.05) is 0 Å². The van der Waals surface area contributed by atoms with Gasteiger partial charge in [0.25, 0.3) is 0 Å². The van der Waals surface area contributed by atoms with Crippen LogP contribution in [0.15, 0.2) is 0 Å². The van der Waals surface area contributed by atoms with Crippen LogP contribution < -0.4 is 18.9 Å². The van der Waals surface area contributed by atoms with E-state index < -0.39 is 19.3 Å². The Hall–Kier alpha value is 0.212. The molecule has 0 saturated carbocycles. The smallest absolute Gasteiger partial charge is 0.473 e. The molecule has 0 amide bonds. The summed E-state index contributed by atoms with van der Waals surface area (Å²) in [6.45, 7) is 1.99. The molecule has 0 aromatic carbocycles. The molecule has 0 heterocycles. The van der Waals surface area contributed by atoms with Crippen LogP contribution >= 0.6 is 22.6 Å². The van der Waals surface area contributed by atoms with E-state index in [1.54, 1.807) is 0 Å². The fourth-order valence-electron chi connectivity index (χ4n) is 0. The summed E-state index contributed by atoms with van der Waals surface area (Å²) >= 11 is 2.16. The Balaban J connectivity index is -0.0000000553. The van der Waals surface area contributed by atoms with Gasteiger partial charge in [-0.25, -0.2) is 9.59 Å². The van der Waals surface area contributed by atoms with Gasteiger partial charge >= 0.3 is 38.1 Å². The molecule has 0 aliphatic heterocycles. The molecule has 0 aliphatic rings. The average Bonchev–Trinajstić information content (AvgIpc) is 1.87. The van der Waals surface area contributed by atoms with E-state index in [2.05, 4.69) is 22.6 Å². The zero-order chi connectivity index (χ0) is 11.4. The largest absolute Gasteiger partial charge is 1.00 e. The van der Waals surface area contributed by atoms with Gasteiger partial charge in [0, 0.05) is 0 Å². The number of hydrogen-bond acceptors (Lipinski definition) is 5. The minimum Gasteiger partial charge on any atom is -0.473 e. The van der Waals surface area contributed by atoms with Crippen molar-refractivity contribution in [1.82, 2.24) is 0 Å². The molecule has 78 valence electrons. The molecular weight excluding hydrogens is 305 g/mol. The van der Waals surface area contributed by atoms with Crippen molar-refractivity contribution in [2.45, 2.75) is 6.92 Å². The molecule has 0 radical (unpaired) electrons. The number of hydrogen-bond donors (Lipinski definition) is 5. The minimum atomic E-state index is -2.17. The summed E-state index contributed by atoms with van der Waals surface area (Å²) in [6, 6.07) is 0. The van der Waals surface area contributed by atoms with E-state index in [-0.39, 0.29) is 18.9 Å². The van der Waals surface area contributed by atoms with Gasteiger partial charge in [-0.1, -0.05) is 0 Å². The summed E-state index contributed by atoms with van der Waals surface area (Å²) in [7, 11) is -2.17. The molecule has 0 atom stereocenters. The van der Waals surface area contributed by atoms with E-state index in [0.717, 1.165) is 0 Å². The third-order valence-corrected chi connectivity index (χ3v) is 0.183. The van der Waals surface area contributed by atoms with Crippen LogP contribution in [0.5, 0.6) is 0 Å². The molecule has 0 spiro atoms. The number of carboxylic acid groups (broad SMARTS) is 2. The fraction of sp³-hybridized carbons (Fsp3) is 0.250. The van der Waals surface area contributed by atoms with Crippen molar-refractivity contribution < 1.29 is 53.7 Å². The summed E-state index contributed by atoms with van der Waals surface area (Å²) in [6.07, 6.45) is 0. The van der Waals surface area contributed by atoms with E-state index in [9.17, 15) is 0 Å². The first-order valence-corrected chi connectivity index (χ1v) is 3.92. The number of rotatable bonds is 0. The Kier molecular flexibility index (Phi) is 32.1. The third kappa shape index (κ3) is 86.5. The van der Waals surface area contributed by atoms with E-state index in [0.29, 0.717) is 0 Å². The van der Waals surface area contributed by atoms with E-state index in [1.807, 2.05) is 11.4 Å². The number of aliphatic carboxylic acids is 2. The first kappa shape index (κ1) is 23.8. The van der Waals surface area contributed by atoms with Gasteiger partial charge in [0.15, 0.2) is 0 Å². The van der Waals surface area contributed by atoms with Gasteiger partial charge in [-0.05, 0) is 0 Å². The Bertz CT molecular complexity index is 129.